The molecule has 67 heavy (non-hydrogen) atoms. The number of hydrogen-bond acceptors (Lipinski definition) is 16. The Kier molecular flexibility index (Phi) is 11.4. The highest BCUT2D eigenvalue weighted by Gasteiger charge is 2.23. The monoisotopic (exact) mass is 937 g/mol. The van der Waals surface area contributed by atoms with Gasteiger partial charge in [0, 0.05) is 33.9 Å². The molecule has 0 amide bonds. The Morgan fingerprint density at radius 1 is 0.582 bits per heavy atom. The van der Waals surface area contributed by atoms with E-state index in [1.54, 1.807) is 42.5 Å². The number of hydrogen-bond donors (Lipinski definition) is 4. The number of aryl methyl sites for hydroxylation is 1. The van der Waals surface area contributed by atoms with Gasteiger partial charge in [0.15, 0.2) is 5.75 Å². The number of aromatic nitrogens is 3. The lowest BCUT2D eigenvalue weighted by molar-refractivity contribution is 0.282. The lowest BCUT2D eigenvalue weighted by Crippen LogP contribution is -2.04. The molecular weight excluding hydrogens is 903 g/mol. The molecule has 8 aromatic carbocycles. The Labute approximate surface area is 380 Å². The van der Waals surface area contributed by atoms with Gasteiger partial charge < -0.3 is 19.7 Å². The van der Waals surface area contributed by atoms with Gasteiger partial charge in [-0.1, -0.05) is 42.5 Å². The van der Waals surface area contributed by atoms with Crippen LogP contribution in [-0.4, -0.2) is 65.4 Å². The molecule has 0 atom stereocenters. The molecule has 9 aromatic rings. The van der Waals surface area contributed by atoms with Gasteiger partial charge in [0.05, 0.1) is 48.5 Å². The van der Waals surface area contributed by atoms with E-state index in [1.165, 1.54) is 43.3 Å². The van der Waals surface area contributed by atoms with Crippen LogP contribution in [0.5, 0.6) is 17.2 Å². The van der Waals surface area contributed by atoms with Crippen LogP contribution in [0.15, 0.2) is 162 Å². The van der Waals surface area contributed by atoms with Crippen molar-refractivity contribution in [3.8, 4) is 22.9 Å². The molecule has 0 aliphatic rings. The molecule has 0 saturated heterocycles. The van der Waals surface area contributed by atoms with Crippen LogP contribution >= 0.6 is 0 Å². The normalized spacial score (nSPS) is 12.5. The van der Waals surface area contributed by atoms with Gasteiger partial charge in [0.2, 0.25) is 0 Å². The van der Waals surface area contributed by atoms with Crippen LogP contribution < -0.4 is 9.47 Å². The van der Waals surface area contributed by atoms with E-state index in [9.17, 15) is 36.2 Å². The van der Waals surface area contributed by atoms with Crippen LogP contribution in [0.4, 0.5) is 34.1 Å². The number of nitrogens with zero attached hydrogens (tertiary/aromatic N) is 9. The van der Waals surface area contributed by atoms with Gasteiger partial charge in [-0.2, -0.15) is 31.9 Å². The summed E-state index contributed by atoms with van der Waals surface area (Å²) in [6.07, 6.45) is 0. The van der Waals surface area contributed by atoms with Crippen molar-refractivity contribution in [1.29, 1.82) is 0 Å². The van der Waals surface area contributed by atoms with Crippen LogP contribution in [0, 0.1) is 6.92 Å². The molecule has 19 nitrogen and oxygen atoms in total. The maximum atomic E-state index is 12.2. The molecule has 0 fully saturated rings. The van der Waals surface area contributed by atoms with Gasteiger partial charge in [0.1, 0.15) is 44.5 Å². The maximum Gasteiger partial charge on any atom is 0.295 e. The fourth-order valence-corrected chi connectivity index (χ4v) is 8.71. The Morgan fingerprint density at radius 3 is 1.96 bits per heavy atom. The first-order valence-corrected chi connectivity index (χ1v) is 22.8. The predicted octanol–water partition coefficient (Wildman–Crippen LogP) is 11.1. The Morgan fingerprint density at radius 2 is 1.24 bits per heavy atom. The number of aliphatic hydroxyl groups is 1. The smallest absolute Gasteiger partial charge is 0.295 e. The van der Waals surface area contributed by atoms with E-state index < -0.39 is 36.6 Å². The highest BCUT2D eigenvalue weighted by atomic mass is 32.2. The first-order valence-electron chi connectivity index (χ1n) is 19.9. The number of ether oxygens (including phenoxy) is 2. The number of azo groups is 3. The number of benzene rings is 8. The van der Waals surface area contributed by atoms with E-state index >= 15 is 0 Å². The second-order valence-corrected chi connectivity index (χ2v) is 17.8. The summed E-state index contributed by atoms with van der Waals surface area (Å²) in [4.78, 5) is -0.267. The average molecular weight is 938 g/mol. The molecule has 336 valence electrons. The fraction of sp³-hybridized carbons (Fsp3) is 0.0870. The van der Waals surface area contributed by atoms with Crippen molar-refractivity contribution in [2.24, 2.45) is 30.7 Å². The number of methoxy groups -OCH3 is 2. The molecule has 9 rings (SSSR count). The van der Waals surface area contributed by atoms with Crippen molar-refractivity contribution in [3.05, 3.63) is 132 Å². The van der Waals surface area contributed by atoms with Crippen LogP contribution in [0.25, 0.3) is 49.0 Å². The summed E-state index contributed by atoms with van der Waals surface area (Å²) in [6, 6.07) is 33.0. The first kappa shape index (κ1) is 44.1. The third-order valence-corrected chi connectivity index (χ3v) is 12.5. The second-order valence-electron chi connectivity index (χ2n) is 15.0. The molecule has 0 radical (unpaired) electrons. The lowest BCUT2D eigenvalue weighted by Gasteiger charge is -2.10. The summed E-state index contributed by atoms with van der Waals surface area (Å²) in [5.41, 5.74) is 4.19. The number of rotatable bonds is 12. The molecule has 1 aromatic heterocycles. The maximum absolute atomic E-state index is 12.2. The van der Waals surface area contributed by atoms with Crippen molar-refractivity contribution in [2.75, 3.05) is 14.2 Å². The van der Waals surface area contributed by atoms with Gasteiger partial charge in [-0.15, -0.1) is 30.7 Å². The third kappa shape index (κ3) is 8.74. The Bertz CT molecular complexity index is 3820. The predicted molar refractivity (Wildman–Crippen MR) is 248 cm³/mol. The molecule has 0 aliphatic heterocycles. The minimum atomic E-state index is -4.91. The van der Waals surface area contributed by atoms with Crippen LogP contribution in [0.1, 0.15) is 11.1 Å². The quantitative estimate of drug-likeness (QED) is 0.0658. The molecule has 0 aliphatic carbocycles. The van der Waals surface area contributed by atoms with Gasteiger partial charge in [0.25, 0.3) is 20.2 Å². The molecular formula is C46H35N9O10S2. The van der Waals surface area contributed by atoms with Crippen molar-refractivity contribution in [2.45, 2.75) is 23.3 Å². The summed E-state index contributed by atoms with van der Waals surface area (Å²) in [5, 5.41) is 60.0. The zero-order chi connectivity index (χ0) is 47.2. The molecule has 0 unspecified atom stereocenters. The van der Waals surface area contributed by atoms with Crippen LogP contribution in [0.2, 0.25) is 0 Å². The minimum Gasteiger partial charge on any atom is -0.505 e. The fourth-order valence-electron chi connectivity index (χ4n) is 7.37. The number of aliphatic hydroxyl groups excluding tert-OH is 1. The highest BCUT2D eigenvalue weighted by Crippen LogP contribution is 2.42. The van der Waals surface area contributed by atoms with Crippen LogP contribution in [0.3, 0.4) is 0 Å². The second kappa shape index (κ2) is 17.4. The zero-order valence-corrected chi connectivity index (χ0v) is 37.0. The third-order valence-electron chi connectivity index (χ3n) is 10.8. The zero-order valence-electron chi connectivity index (χ0n) is 35.3. The van der Waals surface area contributed by atoms with E-state index in [0.717, 1.165) is 22.4 Å². The van der Waals surface area contributed by atoms with Crippen LogP contribution in [-0.2, 0) is 26.8 Å². The summed E-state index contributed by atoms with van der Waals surface area (Å²) in [6.45, 7) is 1.44. The van der Waals surface area contributed by atoms with E-state index in [0.29, 0.717) is 56.6 Å². The van der Waals surface area contributed by atoms with Gasteiger partial charge >= 0.3 is 0 Å². The number of phenolic OH excluding ortho intramolecular Hbond substituents is 1. The molecule has 4 N–H and O–H groups in total. The standard InChI is InChI=1S/C46H35N9O10S2/c1-25-16-40(42(64-2)22-38(25)49-47-30-10-8-26-6-4-5-7-27(26)17-30)51-50-39-23-43(65-3)41(19-29(39)24-56)52-48-37-14-9-28-18-31(11-12-33(28)46(37)57)55-53-36-15-13-34-35(45(36)54-55)20-32(66(58,59)60)21-44(34)67(61,62)63/h4-23,56-57H,24H2,1-3H3,(H,58,59,60)(H,61,62,63). The SMILES string of the molecule is COc1cc(N=Nc2ccc3ccccc3c2)c(C)cc1N=Nc1cc(OC)c(N=Nc2ccc3cc(-n4nc5ccc6c(S(=O)(=O)O)cc(S(=O)(=O)O)cc6c5n4)ccc3c2O)cc1CO. The van der Waals surface area contributed by atoms with Gasteiger partial charge in [-0.05, 0) is 95.4 Å². The van der Waals surface area contributed by atoms with Gasteiger partial charge in [-0.3, -0.25) is 9.11 Å². The summed E-state index contributed by atoms with van der Waals surface area (Å²) < 4.78 is 79.1. The van der Waals surface area contributed by atoms with E-state index in [2.05, 4.69) is 40.9 Å². The van der Waals surface area contributed by atoms with E-state index in [4.69, 9.17) is 9.47 Å². The molecule has 0 spiro atoms. The van der Waals surface area contributed by atoms with Crippen molar-refractivity contribution in [1.82, 2.24) is 15.0 Å². The van der Waals surface area contributed by atoms with E-state index in [1.807, 2.05) is 49.4 Å². The lowest BCUT2D eigenvalue weighted by atomic mass is 10.1. The van der Waals surface area contributed by atoms with Crippen molar-refractivity contribution in [3.63, 3.8) is 0 Å². The molecule has 1 heterocycles. The van der Waals surface area contributed by atoms with Crippen molar-refractivity contribution >= 4 is 97.7 Å². The molecule has 21 heteroatoms. The number of fused-ring (bicyclic) bond motifs is 5. The van der Waals surface area contributed by atoms with E-state index in [-0.39, 0.29) is 44.7 Å². The molecule has 0 bridgehead atoms. The topological polar surface area (TPSA) is 273 Å². The summed E-state index contributed by atoms with van der Waals surface area (Å²) in [5.74, 6) is 0.447. The average Bonchev–Trinajstić information content (AvgIpc) is 3.77. The first-order chi connectivity index (χ1) is 32.1. The number of phenols is 1. The number of aromatic hydroxyl groups is 1. The highest BCUT2D eigenvalue weighted by molar-refractivity contribution is 7.86. The minimum absolute atomic E-state index is 0.00289. The Hall–Kier alpha value is -8.08. The van der Waals surface area contributed by atoms with Crippen molar-refractivity contribution < 1.29 is 45.6 Å². The van der Waals surface area contributed by atoms with Gasteiger partial charge in [-0.25, -0.2) is 0 Å². The Balaban J connectivity index is 0.971. The summed E-state index contributed by atoms with van der Waals surface area (Å²) in [7, 11) is -6.85. The summed E-state index contributed by atoms with van der Waals surface area (Å²) >= 11 is 0. The molecule has 0 saturated carbocycles. The largest absolute Gasteiger partial charge is 0.505 e.